The van der Waals surface area contributed by atoms with Crippen LogP contribution in [0.5, 0.6) is 0 Å². The minimum absolute atomic E-state index is 0.693. The van der Waals surface area contributed by atoms with E-state index >= 15 is 0 Å². The van der Waals surface area contributed by atoms with Gasteiger partial charge >= 0.3 is 0 Å². The van der Waals surface area contributed by atoms with Gasteiger partial charge in [-0.15, -0.1) is 0 Å². The lowest BCUT2D eigenvalue weighted by atomic mass is 9.43. The molecule has 0 heteroatoms. The van der Waals surface area contributed by atoms with Gasteiger partial charge in [0.1, 0.15) is 0 Å². The maximum absolute atomic E-state index is 4.90. The Bertz CT molecular complexity index is 430. The van der Waals surface area contributed by atoms with Gasteiger partial charge in [0, 0.05) is 0 Å². The van der Waals surface area contributed by atoms with Crippen molar-refractivity contribution in [2.45, 2.75) is 83.5 Å². The topological polar surface area (TPSA) is 0 Å². The van der Waals surface area contributed by atoms with E-state index in [2.05, 4.69) is 0 Å². The van der Waals surface area contributed by atoms with Gasteiger partial charge in [0.15, 0.2) is 0 Å². The minimum atomic E-state index is 0.693. The van der Waals surface area contributed by atoms with Gasteiger partial charge < -0.3 is 0 Å². The van der Waals surface area contributed by atoms with Crippen LogP contribution >= 0.6 is 0 Å². The molecule has 0 heterocycles. The van der Waals surface area contributed by atoms with Crippen molar-refractivity contribution in [2.24, 2.45) is 52.3 Å². The van der Waals surface area contributed by atoms with Gasteiger partial charge in [-0.05, 0) is 143 Å². The van der Waals surface area contributed by atoms with Crippen LogP contribution in [0, 0.1) is 59.2 Å². The third-order valence-corrected chi connectivity index (χ3v) is 9.80. The second kappa shape index (κ2) is 4.59. The molecule has 0 aromatic heterocycles. The molecule has 8 fully saturated rings. The van der Waals surface area contributed by atoms with Gasteiger partial charge in [0.05, 0.1) is 0 Å². The Morgan fingerprint density at radius 1 is 0.609 bits per heavy atom. The minimum Gasteiger partial charge on any atom is -0.0496 e. The van der Waals surface area contributed by atoms with Crippen molar-refractivity contribution >= 4 is 0 Å². The number of hydrogen-bond donors (Lipinski definition) is 0. The first-order chi connectivity index (χ1) is 11.1. The van der Waals surface area contributed by atoms with Crippen LogP contribution < -0.4 is 0 Å². The molecule has 1 unspecified atom stereocenters. The van der Waals surface area contributed by atoms with E-state index in [4.69, 9.17) is 6.92 Å². The molecular weight excluding hydrogens is 276 g/mol. The monoisotopic (exact) mass is 311 g/mol. The summed E-state index contributed by atoms with van der Waals surface area (Å²) in [5.41, 5.74) is 1.45. The molecule has 0 saturated heterocycles. The van der Waals surface area contributed by atoms with E-state index < -0.39 is 0 Å². The fourth-order valence-electron chi connectivity index (χ4n) is 9.96. The zero-order valence-corrected chi connectivity index (χ0v) is 14.9. The highest BCUT2D eigenvalue weighted by Gasteiger charge is 2.56. The average molecular weight is 312 g/mol. The molecule has 8 aliphatic carbocycles. The van der Waals surface area contributed by atoms with E-state index in [9.17, 15) is 0 Å². The largest absolute Gasteiger partial charge is 0.0496 e. The molecule has 0 amide bonds. The second-order valence-corrected chi connectivity index (χ2v) is 11.6. The van der Waals surface area contributed by atoms with Crippen LogP contribution in [-0.2, 0) is 0 Å². The van der Waals surface area contributed by atoms with Gasteiger partial charge in [-0.25, -0.2) is 0 Å². The predicted octanol–water partition coefficient (Wildman–Crippen LogP) is 6.26. The Kier molecular flexibility index (Phi) is 2.83. The Balaban J connectivity index is 1.25. The van der Waals surface area contributed by atoms with Crippen LogP contribution in [0.3, 0.4) is 0 Å². The lowest BCUT2D eigenvalue weighted by Crippen LogP contribution is -2.52. The van der Waals surface area contributed by atoms with E-state index in [1.54, 1.807) is 77.0 Å². The van der Waals surface area contributed by atoms with Crippen LogP contribution in [0.4, 0.5) is 0 Å². The molecule has 1 atom stereocenters. The van der Waals surface area contributed by atoms with E-state index in [1.807, 2.05) is 0 Å². The highest BCUT2D eigenvalue weighted by Crippen LogP contribution is 2.67. The van der Waals surface area contributed by atoms with Crippen LogP contribution in [0.25, 0.3) is 0 Å². The van der Waals surface area contributed by atoms with Gasteiger partial charge in [-0.1, -0.05) is 0 Å². The number of hydrogen-bond acceptors (Lipinski definition) is 0. The lowest BCUT2D eigenvalue weighted by Gasteiger charge is -2.62. The third-order valence-electron chi connectivity index (χ3n) is 9.80. The maximum Gasteiger partial charge on any atom is -0.0261 e. The first-order valence-corrected chi connectivity index (χ1v) is 10.9. The maximum atomic E-state index is 4.90. The summed E-state index contributed by atoms with van der Waals surface area (Å²) in [6, 6.07) is 0. The smallest absolute Gasteiger partial charge is 0.0261 e. The SMILES string of the molecule is [CH2]C(CC12CC3CC(CC(C3)C1)C2)C12CC3CC(CC(C3)C1)C2. The molecule has 0 N–H and O–H groups in total. The van der Waals surface area contributed by atoms with E-state index in [1.165, 1.54) is 6.42 Å². The Hall–Kier alpha value is 0. The van der Waals surface area contributed by atoms with Crippen molar-refractivity contribution in [2.75, 3.05) is 0 Å². The fourth-order valence-corrected chi connectivity index (χ4v) is 9.96. The highest BCUT2D eigenvalue weighted by atomic mass is 14.6. The molecule has 8 bridgehead atoms. The Morgan fingerprint density at radius 2 is 0.957 bits per heavy atom. The Labute approximate surface area is 143 Å². The van der Waals surface area contributed by atoms with Gasteiger partial charge in [0.25, 0.3) is 0 Å². The molecule has 23 heavy (non-hydrogen) atoms. The zero-order chi connectivity index (χ0) is 15.2. The third kappa shape index (κ3) is 2.08. The molecule has 8 rings (SSSR count). The molecule has 0 aliphatic heterocycles. The van der Waals surface area contributed by atoms with E-state index in [0.717, 1.165) is 46.8 Å². The van der Waals surface area contributed by atoms with Gasteiger partial charge in [-0.3, -0.25) is 0 Å². The molecule has 0 spiro atoms. The van der Waals surface area contributed by atoms with Crippen molar-refractivity contribution in [3.63, 3.8) is 0 Å². The summed E-state index contributed by atoms with van der Waals surface area (Å²) in [4.78, 5) is 0. The average Bonchev–Trinajstić information content (AvgIpc) is 2.43. The van der Waals surface area contributed by atoms with Crippen LogP contribution in [0.15, 0.2) is 0 Å². The first-order valence-electron chi connectivity index (χ1n) is 10.9. The summed E-state index contributed by atoms with van der Waals surface area (Å²) >= 11 is 0. The second-order valence-electron chi connectivity index (χ2n) is 11.6. The molecule has 0 aromatic rings. The fraction of sp³-hybridized carbons (Fsp3) is 0.957. The summed E-state index contributed by atoms with van der Waals surface area (Å²) < 4.78 is 0. The predicted molar refractivity (Wildman–Crippen MR) is 94.7 cm³/mol. The summed E-state index contributed by atoms with van der Waals surface area (Å²) in [6.07, 6.45) is 20.6. The van der Waals surface area contributed by atoms with E-state index in [0.29, 0.717) is 5.41 Å². The van der Waals surface area contributed by atoms with Crippen LogP contribution in [-0.4, -0.2) is 0 Å². The summed E-state index contributed by atoms with van der Waals surface area (Å²) in [5.74, 6) is 7.43. The van der Waals surface area contributed by atoms with Crippen molar-refractivity contribution in [3.8, 4) is 0 Å². The van der Waals surface area contributed by atoms with Crippen molar-refractivity contribution < 1.29 is 0 Å². The zero-order valence-electron chi connectivity index (χ0n) is 14.9. The molecule has 127 valence electrons. The summed E-state index contributed by atoms with van der Waals surface area (Å²) in [5, 5.41) is 0. The standard InChI is InChI=1S/C23H35/c1-15(23-12-19-5-20(13-23)7-21(6-19)14-23)8-22-9-16-2-17(10-22)4-18(3-16)11-22/h15-21H,1-14H2. The summed E-state index contributed by atoms with van der Waals surface area (Å²) in [7, 11) is 0. The first kappa shape index (κ1) is 14.2. The number of rotatable bonds is 3. The van der Waals surface area contributed by atoms with Crippen LogP contribution in [0.1, 0.15) is 83.5 Å². The van der Waals surface area contributed by atoms with Crippen molar-refractivity contribution in [1.29, 1.82) is 0 Å². The van der Waals surface area contributed by atoms with E-state index in [-0.39, 0.29) is 0 Å². The Morgan fingerprint density at radius 3 is 1.35 bits per heavy atom. The molecule has 1 radical (unpaired) electrons. The van der Waals surface area contributed by atoms with Crippen molar-refractivity contribution in [3.05, 3.63) is 6.92 Å². The highest BCUT2D eigenvalue weighted by molar-refractivity contribution is 5.08. The molecule has 8 aliphatic rings. The summed E-state index contributed by atoms with van der Waals surface area (Å²) in [6.45, 7) is 4.90. The molecule has 0 aromatic carbocycles. The molecule has 0 nitrogen and oxygen atoms in total. The lowest BCUT2D eigenvalue weighted by molar-refractivity contribution is -0.111. The van der Waals surface area contributed by atoms with Crippen molar-refractivity contribution in [1.82, 2.24) is 0 Å². The van der Waals surface area contributed by atoms with Crippen LogP contribution in [0.2, 0.25) is 0 Å². The van der Waals surface area contributed by atoms with Gasteiger partial charge in [0.2, 0.25) is 0 Å². The molecular formula is C23H35. The quantitative estimate of drug-likeness (QED) is 0.577. The molecule has 8 saturated carbocycles. The normalized spacial score (nSPS) is 60.4. The van der Waals surface area contributed by atoms with Gasteiger partial charge in [-0.2, -0.15) is 0 Å².